The lowest BCUT2D eigenvalue weighted by atomic mass is 9.94. The topological polar surface area (TPSA) is 86.8 Å². The van der Waals surface area contributed by atoms with Crippen molar-refractivity contribution in [2.45, 2.75) is 69.0 Å². The van der Waals surface area contributed by atoms with Crippen LogP contribution in [0.15, 0.2) is 112 Å². The summed E-state index contributed by atoms with van der Waals surface area (Å²) in [6.07, 6.45) is 5.28. The lowest BCUT2D eigenvalue weighted by Crippen LogP contribution is -2.55. The third-order valence-electron chi connectivity index (χ3n) is 8.47. The van der Waals surface area contributed by atoms with E-state index in [1.807, 2.05) is 61.5 Å². The van der Waals surface area contributed by atoms with Crippen LogP contribution in [-0.4, -0.2) is 43.8 Å². The average Bonchev–Trinajstić information content (AvgIpc) is 3.06. The lowest BCUT2D eigenvalue weighted by molar-refractivity contribution is -0.140. The lowest BCUT2D eigenvalue weighted by Gasteiger charge is -2.35. The molecule has 0 heterocycles. The van der Waals surface area contributed by atoms with Gasteiger partial charge in [-0.2, -0.15) is 0 Å². The summed E-state index contributed by atoms with van der Waals surface area (Å²) in [4.78, 5) is 30.4. The Labute approximate surface area is 291 Å². The molecule has 1 atom stereocenters. The molecule has 246 valence electrons. The number of hydrogen-bond donors (Lipinski definition) is 1. The number of nitrogens with one attached hydrogen (secondary N) is 1. The van der Waals surface area contributed by atoms with Crippen molar-refractivity contribution in [1.29, 1.82) is 0 Å². The van der Waals surface area contributed by atoms with Crippen molar-refractivity contribution >= 4 is 55.1 Å². The predicted octanol–water partition coefficient (Wildman–Crippen LogP) is 7.70. The van der Waals surface area contributed by atoms with Crippen molar-refractivity contribution in [2.75, 3.05) is 10.8 Å². The highest BCUT2D eigenvalue weighted by molar-refractivity contribution is 9.10. The molecule has 4 aromatic rings. The predicted molar refractivity (Wildman–Crippen MR) is 191 cm³/mol. The summed E-state index contributed by atoms with van der Waals surface area (Å²) in [7, 11) is -4.18. The summed E-state index contributed by atoms with van der Waals surface area (Å²) in [5.74, 6) is -0.751. The smallest absolute Gasteiger partial charge is 0.264 e. The molecule has 1 saturated carbocycles. The van der Waals surface area contributed by atoms with Gasteiger partial charge in [0.1, 0.15) is 12.6 Å². The summed E-state index contributed by atoms with van der Waals surface area (Å²) in [5.41, 5.74) is 2.89. The van der Waals surface area contributed by atoms with Crippen molar-refractivity contribution in [3.05, 3.63) is 129 Å². The molecule has 47 heavy (non-hydrogen) atoms. The van der Waals surface area contributed by atoms with E-state index >= 15 is 0 Å². The van der Waals surface area contributed by atoms with Crippen LogP contribution < -0.4 is 9.62 Å². The number of amides is 2. The molecule has 0 saturated heterocycles. The van der Waals surface area contributed by atoms with Crippen LogP contribution in [-0.2, 0) is 32.6 Å². The number of halogens is 2. The fraction of sp³-hybridized carbons (Fsp3) is 0.297. The third kappa shape index (κ3) is 9.24. The first kappa shape index (κ1) is 34.7. The van der Waals surface area contributed by atoms with Crippen molar-refractivity contribution in [2.24, 2.45) is 0 Å². The van der Waals surface area contributed by atoms with Gasteiger partial charge in [0.25, 0.3) is 10.0 Å². The zero-order chi connectivity index (χ0) is 33.4. The molecule has 1 fully saturated rings. The number of sulfonamides is 1. The van der Waals surface area contributed by atoms with Gasteiger partial charge in [0.2, 0.25) is 11.8 Å². The molecule has 7 nitrogen and oxygen atoms in total. The van der Waals surface area contributed by atoms with E-state index in [1.165, 1.54) is 17.0 Å². The molecule has 0 bridgehead atoms. The fourth-order valence-electron chi connectivity index (χ4n) is 5.90. The highest BCUT2D eigenvalue weighted by atomic mass is 79.9. The van der Waals surface area contributed by atoms with E-state index in [4.69, 9.17) is 11.6 Å². The largest absolute Gasteiger partial charge is 0.352 e. The first-order valence-corrected chi connectivity index (χ1v) is 18.4. The van der Waals surface area contributed by atoms with Gasteiger partial charge >= 0.3 is 0 Å². The molecule has 1 aliphatic rings. The van der Waals surface area contributed by atoms with Crippen LogP contribution in [0.5, 0.6) is 0 Å². The van der Waals surface area contributed by atoms with Crippen LogP contribution >= 0.6 is 27.5 Å². The van der Waals surface area contributed by atoms with Gasteiger partial charge in [0.05, 0.1) is 10.6 Å². The van der Waals surface area contributed by atoms with Crippen LogP contribution in [0.25, 0.3) is 0 Å². The van der Waals surface area contributed by atoms with Gasteiger partial charge in [-0.3, -0.25) is 13.9 Å². The molecule has 2 amide bonds. The quantitative estimate of drug-likeness (QED) is 0.162. The van der Waals surface area contributed by atoms with Gasteiger partial charge in [-0.05, 0) is 79.4 Å². The van der Waals surface area contributed by atoms with Crippen LogP contribution in [0, 0.1) is 6.92 Å². The number of benzene rings is 4. The SMILES string of the molecule is Cc1ccc(S(=O)(=O)N(CC(=O)N(Cc2cccc(Br)c2)[C@@H](Cc2ccccc2)C(=O)NC2CCCCC2)c2ccc(Cl)cc2)cc1. The number of carbonyl (C=O) groups excluding carboxylic acids is 2. The second-order valence-electron chi connectivity index (χ2n) is 12.0. The minimum Gasteiger partial charge on any atom is -0.352 e. The maximum atomic E-state index is 14.6. The molecule has 0 radical (unpaired) electrons. The second kappa shape index (κ2) is 16.0. The zero-order valence-electron chi connectivity index (χ0n) is 26.3. The Morgan fingerprint density at radius 2 is 1.53 bits per heavy atom. The van der Waals surface area contributed by atoms with Crippen LogP contribution in [0.2, 0.25) is 5.02 Å². The van der Waals surface area contributed by atoms with E-state index in [0.29, 0.717) is 5.02 Å². The minimum atomic E-state index is -4.18. The van der Waals surface area contributed by atoms with E-state index in [9.17, 15) is 18.0 Å². The molecule has 1 aliphatic carbocycles. The zero-order valence-corrected chi connectivity index (χ0v) is 29.5. The maximum Gasteiger partial charge on any atom is 0.264 e. The van der Waals surface area contributed by atoms with Crippen molar-refractivity contribution < 1.29 is 18.0 Å². The summed E-state index contributed by atoms with van der Waals surface area (Å²) in [6, 6.07) is 29.1. The Kier molecular flexibility index (Phi) is 11.8. The minimum absolute atomic E-state index is 0.0322. The van der Waals surface area contributed by atoms with Gasteiger partial charge < -0.3 is 10.2 Å². The van der Waals surface area contributed by atoms with Gasteiger partial charge in [0.15, 0.2) is 0 Å². The number of aryl methyl sites for hydroxylation is 1. The Morgan fingerprint density at radius 1 is 0.872 bits per heavy atom. The Morgan fingerprint density at radius 3 is 2.19 bits per heavy atom. The molecular formula is C37H39BrClN3O4S. The normalized spacial score (nSPS) is 14.3. The van der Waals surface area contributed by atoms with Gasteiger partial charge in [-0.25, -0.2) is 8.42 Å². The molecule has 5 rings (SSSR count). The van der Waals surface area contributed by atoms with E-state index in [2.05, 4.69) is 21.2 Å². The van der Waals surface area contributed by atoms with E-state index in [1.54, 1.807) is 36.4 Å². The first-order valence-electron chi connectivity index (χ1n) is 15.8. The van der Waals surface area contributed by atoms with Crippen molar-refractivity contribution in [1.82, 2.24) is 10.2 Å². The highest BCUT2D eigenvalue weighted by Gasteiger charge is 2.35. The molecule has 4 aromatic carbocycles. The average molecular weight is 737 g/mol. The molecule has 0 aliphatic heterocycles. The summed E-state index contributed by atoms with van der Waals surface area (Å²) < 4.78 is 30.3. The van der Waals surface area contributed by atoms with E-state index < -0.39 is 28.5 Å². The van der Waals surface area contributed by atoms with E-state index in [-0.39, 0.29) is 35.5 Å². The summed E-state index contributed by atoms with van der Waals surface area (Å²) >= 11 is 9.69. The van der Waals surface area contributed by atoms with Crippen molar-refractivity contribution in [3.8, 4) is 0 Å². The molecule has 1 N–H and O–H groups in total. The number of nitrogens with zero attached hydrogens (tertiary/aromatic N) is 2. The summed E-state index contributed by atoms with van der Waals surface area (Å²) in [5, 5.41) is 3.67. The third-order valence-corrected chi connectivity index (χ3v) is 11.0. The molecule has 10 heteroatoms. The molecule has 0 unspecified atom stereocenters. The fourth-order valence-corrected chi connectivity index (χ4v) is 7.89. The monoisotopic (exact) mass is 735 g/mol. The van der Waals surface area contributed by atoms with Crippen LogP contribution in [0.3, 0.4) is 0 Å². The number of anilines is 1. The van der Waals surface area contributed by atoms with Gasteiger partial charge in [-0.15, -0.1) is 0 Å². The summed E-state index contributed by atoms with van der Waals surface area (Å²) in [6.45, 7) is 1.46. The molecule has 0 aromatic heterocycles. The second-order valence-corrected chi connectivity index (χ2v) is 15.2. The number of hydrogen-bond acceptors (Lipinski definition) is 4. The van der Waals surface area contributed by atoms with Gasteiger partial charge in [0, 0.05) is 28.5 Å². The molecular weight excluding hydrogens is 698 g/mol. The van der Waals surface area contributed by atoms with Gasteiger partial charge in [-0.1, -0.05) is 107 Å². The standard InChI is InChI=1S/C37H39BrClN3O4S/c1-27-15-21-34(22-16-27)47(45,46)42(33-19-17-31(39)18-20-33)26-36(43)41(25-29-11-8-12-30(38)23-29)35(24-28-9-4-2-5-10-28)37(44)40-32-13-6-3-7-14-32/h2,4-5,8-12,15-23,32,35H,3,6-7,13-14,24-26H2,1H3,(H,40,44)/t35-/m0/s1. The van der Waals surface area contributed by atoms with Crippen molar-refractivity contribution in [3.63, 3.8) is 0 Å². The maximum absolute atomic E-state index is 14.6. The van der Waals surface area contributed by atoms with E-state index in [0.717, 1.165) is 57.6 Å². The highest BCUT2D eigenvalue weighted by Crippen LogP contribution is 2.27. The Hall–Kier alpha value is -3.66. The Bertz CT molecular complexity index is 1760. The number of carbonyl (C=O) groups is 2. The first-order chi connectivity index (χ1) is 22.6. The van der Waals surface area contributed by atoms with Crippen LogP contribution in [0.4, 0.5) is 5.69 Å². The number of rotatable bonds is 12. The Balaban J connectivity index is 1.56. The van der Waals surface area contributed by atoms with Crippen LogP contribution in [0.1, 0.15) is 48.8 Å². The molecule has 0 spiro atoms.